The van der Waals surface area contributed by atoms with Gasteiger partial charge in [0.25, 0.3) is 0 Å². The summed E-state index contributed by atoms with van der Waals surface area (Å²) in [6, 6.07) is 0.232. The van der Waals surface area contributed by atoms with Crippen LogP contribution < -0.4 is 0 Å². The zero-order valence-electron chi connectivity index (χ0n) is 7.06. The van der Waals surface area contributed by atoms with Gasteiger partial charge >= 0.3 is 9.63 Å². The maximum Gasteiger partial charge on any atom is 0.492 e. The fourth-order valence-corrected chi connectivity index (χ4v) is 2.89. The molecule has 0 aromatic heterocycles. The maximum absolute atomic E-state index is 12.5. The van der Waals surface area contributed by atoms with Crippen LogP contribution in [-0.4, -0.2) is 26.3 Å². The lowest BCUT2D eigenvalue weighted by atomic mass is 10.0. The third kappa shape index (κ3) is 1.99. The van der Waals surface area contributed by atoms with Crippen molar-refractivity contribution >= 4 is 9.63 Å². The summed E-state index contributed by atoms with van der Waals surface area (Å²) in [6.45, 7) is 3.82. The third-order valence-electron chi connectivity index (χ3n) is 2.49. The first-order valence-electron chi connectivity index (χ1n) is 4.18. The summed E-state index contributed by atoms with van der Waals surface area (Å²) in [5, 5.41) is 0. The Labute approximate surface area is 68.4 Å². The van der Waals surface area contributed by atoms with Gasteiger partial charge in [-0.2, -0.15) is 0 Å². The first-order valence-corrected chi connectivity index (χ1v) is 5.57. The highest BCUT2D eigenvalue weighted by Crippen LogP contribution is 2.23. The topological polar surface area (TPSA) is 3.24 Å². The van der Waals surface area contributed by atoms with Crippen molar-refractivity contribution in [2.45, 2.75) is 45.2 Å². The van der Waals surface area contributed by atoms with Crippen LogP contribution in [0.15, 0.2) is 0 Å². The zero-order valence-corrected chi connectivity index (χ0v) is 8.21. The van der Waals surface area contributed by atoms with Crippen molar-refractivity contribution in [2.75, 3.05) is 0 Å². The van der Waals surface area contributed by atoms with Crippen molar-refractivity contribution in [3.8, 4) is 0 Å². The SMILES string of the molecule is CC1CCCC(C)N1[SiH](F)F. The van der Waals surface area contributed by atoms with Crippen LogP contribution in [0.5, 0.6) is 0 Å². The van der Waals surface area contributed by atoms with E-state index in [2.05, 4.69) is 0 Å². The minimum atomic E-state index is -3.53. The molecule has 0 spiro atoms. The van der Waals surface area contributed by atoms with Crippen molar-refractivity contribution in [2.24, 2.45) is 0 Å². The van der Waals surface area contributed by atoms with Gasteiger partial charge in [-0.15, -0.1) is 0 Å². The Balaban J connectivity index is 2.55. The Bertz CT molecular complexity index is 122. The van der Waals surface area contributed by atoms with Gasteiger partial charge in [-0.1, -0.05) is 6.42 Å². The highest BCUT2D eigenvalue weighted by molar-refractivity contribution is 6.39. The molecule has 66 valence electrons. The van der Waals surface area contributed by atoms with Crippen molar-refractivity contribution in [3.63, 3.8) is 0 Å². The van der Waals surface area contributed by atoms with Crippen molar-refractivity contribution < 1.29 is 8.22 Å². The average molecular weight is 179 g/mol. The highest BCUT2D eigenvalue weighted by Gasteiger charge is 2.32. The van der Waals surface area contributed by atoms with E-state index in [0.717, 1.165) is 19.3 Å². The maximum atomic E-state index is 12.5. The summed E-state index contributed by atoms with van der Waals surface area (Å²) in [5.74, 6) is 0. The molecule has 0 saturated carbocycles. The molecule has 0 N–H and O–H groups in total. The molecule has 1 fully saturated rings. The second kappa shape index (κ2) is 3.63. The minimum Gasteiger partial charge on any atom is -0.271 e. The normalized spacial score (nSPS) is 34.6. The Hall–Kier alpha value is 0.0369. The van der Waals surface area contributed by atoms with E-state index >= 15 is 0 Å². The summed E-state index contributed by atoms with van der Waals surface area (Å²) >= 11 is 0. The van der Waals surface area contributed by atoms with Gasteiger partial charge in [0.15, 0.2) is 0 Å². The molecule has 0 aliphatic carbocycles. The quantitative estimate of drug-likeness (QED) is 0.439. The van der Waals surface area contributed by atoms with Gasteiger partial charge < -0.3 is 0 Å². The molecule has 0 amide bonds. The smallest absolute Gasteiger partial charge is 0.271 e. The number of hydrogen-bond acceptors (Lipinski definition) is 1. The van der Waals surface area contributed by atoms with Gasteiger partial charge in [-0.05, 0) is 26.7 Å². The average Bonchev–Trinajstić information content (AvgIpc) is 1.85. The van der Waals surface area contributed by atoms with Crippen LogP contribution in [0.1, 0.15) is 33.1 Å². The van der Waals surface area contributed by atoms with Crippen LogP contribution in [0.2, 0.25) is 0 Å². The fourth-order valence-electron chi connectivity index (χ4n) is 1.83. The zero-order chi connectivity index (χ0) is 8.43. The fraction of sp³-hybridized carbons (Fsp3) is 1.00. The summed E-state index contributed by atoms with van der Waals surface area (Å²) in [4.78, 5) is 0. The van der Waals surface area contributed by atoms with E-state index < -0.39 is 9.63 Å². The molecule has 1 saturated heterocycles. The number of rotatable bonds is 1. The molecule has 11 heavy (non-hydrogen) atoms. The van der Waals surface area contributed by atoms with Crippen molar-refractivity contribution in [1.29, 1.82) is 0 Å². The van der Waals surface area contributed by atoms with Crippen LogP contribution >= 0.6 is 0 Å². The molecule has 1 nitrogen and oxygen atoms in total. The van der Waals surface area contributed by atoms with Gasteiger partial charge in [0.2, 0.25) is 0 Å². The second-order valence-electron chi connectivity index (χ2n) is 3.35. The lowest BCUT2D eigenvalue weighted by Gasteiger charge is -2.37. The Morgan fingerprint density at radius 1 is 1.18 bits per heavy atom. The standard InChI is InChI=1S/C7H15F2NSi/c1-6-4-3-5-7(2)10(6)11(8)9/h6-7,11H,3-5H2,1-2H3. The van der Waals surface area contributed by atoms with Crippen LogP contribution in [0.3, 0.4) is 0 Å². The number of halogens is 2. The molecule has 0 aromatic carbocycles. The Morgan fingerprint density at radius 2 is 1.64 bits per heavy atom. The van der Waals surface area contributed by atoms with E-state index in [4.69, 9.17) is 0 Å². The summed E-state index contributed by atoms with van der Waals surface area (Å²) in [6.07, 6.45) is 3.00. The molecule has 1 aliphatic rings. The molecule has 0 bridgehead atoms. The molecule has 4 heteroatoms. The van der Waals surface area contributed by atoms with E-state index in [1.807, 2.05) is 13.8 Å². The summed E-state index contributed by atoms with van der Waals surface area (Å²) < 4.78 is 26.4. The van der Waals surface area contributed by atoms with E-state index in [9.17, 15) is 8.22 Å². The lowest BCUT2D eigenvalue weighted by Crippen LogP contribution is -2.49. The van der Waals surface area contributed by atoms with E-state index in [0.29, 0.717) is 0 Å². The van der Waals surface area contributed by atoms with Crippen LogP contribution in [-0.2, 0) is 0 Å². The third-order valence-corrected chi connectivity index (χ3v) is 3.96. The second-order valence-corrected chi connectivity index (χ2v) is 4.51. The molecule has 2 unspecified atom stereocenters. The molecule has 1 aliphatic heterocycles. The molecular formula is C7H15F2NSi. The first kappa shape index (κ1) is 9.13. The number of nitrogens with zero attached hydrogens (tertiary/aromatic N) is 1. The lowest BCUT2D eigenvalue weighted by molar-refractivity contribution is 0.173. The van der Waals surface area contributed by atoms with E-state index in [-0.39, 0.29) is 12.1 Å². The Morgan fingerprint density at radius 3 is 1.91 bits per heavy atom. The summed E-state index contributed by atoms with van der Waals surface area (Å²) in [7, 11) is -3.53. The van der Waals surface area contributed by atoms with E-state index in [1.54, 1.807) is 0 Å². The molecule has 0 radical (unpaired) electrons. The van der Waals surface area contributed by atoms with Crippen LogP contribution in [0.4, 0.5) is 8.22 Å². The van der Waals surface area contributed by atoms with Gasteiger partial charge in [-0.3, -0.25) is 12.8 Å². The molecular weight excluding hydrogens is 164 g/mol. The van der Waals surface area contributed by atoms with E-state index in [1.165, 1.54) is 4.57 Å². The first-order chi connectivity index (χ1) is 5.13. The van der Waals surface area contributed by atoms with Crippen molar-refractivity contribution in [1.82, 2.24) is 4.57 Å². The van der Waals surface area contributed by atoms with Crippen molar-refractivity contribution in [3.05, 3.63) is 0 Å². The van der Waals surface area contributed by atoms with Gasteiger partial charge in [0, 0.05) is 12.1 Å². The monoisotopic (exact) mass is 179 g/mol. The highest BCUT2D eigenvalue weighted by atomic mass is 28.4. The van der Waals surface area contributed by atoms with Crippen LogP contribution in [0.25, 0.3) is 0 Å². The predicted octanol–water partition coefficient (Wildman–Crippen LogP) is 1.91. The minimum absolute atomic E-state index is 0.116. The number of hydrogen-bond donors (Lipinski definition) is 0. The molecule has 1 rings (SSSR count). The van der Waals surface area contributed by atoms with Gasteiger partial charge in [-0.25, -0.2) is 0 Å². The van der Waals surface area contributed by atoms with Gasteiger partial charge in [0.1, 0.15) is 0 Å². The molecule has 2 atom stereocenters. The predicted molar refractivity (Wildman–Crippen MR) is 44.0 cm³/mol. The number of piperidine rings is 1. The molecule has 0 aromatic rings. The summed E-state index contributed by atoms with van der Waals surface area (Å²) in [5.41, 5.74) is 0. The molecule has 1 heterocycles. The largest absolute Gasteiger partial charge is 0.492 e. The van der Waals surface area contributed by atoms with Gasteiger partial charge in [0.05, 0.1) is 0 Å². The Kier molecular flexibility index (Phi) is 3.01. The van der Waals surface area contributed by atoms with Crippen LogP contribution in [0, 0.1) is 0 Å².